The second-order valence-electron chi connectivity index (χ2n) is 3.90. The highest BCUT2D eigenvalue weighted by molar-refractivity contribution is 5.82. The Morgan fingerprint density at radius 3 is 2.78 bits per heavy atom. The Labute approximate surface area is 105 Å². The van der Waals surface area contributed by atoms with Crippen LogP contribution in [0.5, 0.6) is 0 Å². The molecule has 0 saturated heterocycles. The van der Waals surface area contributed by atoms with Crippen LogP contribution < -0.4 is 10.6 Å². The van der Waals surface area contributed by atoms with Crippen LogP contribution in [0, 0.1) is 0 Å². The standard InChI is InChI=1S/C11H18N4O3/c1-3-8(10(16)17)14-11(18)13-5-4-9-12-6-7-15(9)2/h6-8H,3-5H2,1-2H3,(H,16,17)(H2,13,14,18). The lowest BCUT2D eigenvalue weighted by Crippen LogP contribution is -2.46. The third-order valence-electron chi connectivity index (χ3n) is 2.57. The van der Waals surface area contributed by atoms with Gasteiger partial charge in [0.25, 0.3) is 0 Å². The maximum absolute atomic E-state index is 11.4. The molecular weight excluding hydrogens is 236 g/mol. The van der Waals surface area contributed by atoms with Gasteiger partial charge in [-0.25, -0.2) is 14.6 Å². The van der Waals surface area contributed by atoms with Gasteiger partial charge in [-0.3, -0.25) is 0 Å². The summed E-state index contributed by atoms with van der Waals surface area (Å²) in [4.78, 5) is 26.2. The quantitative estimate of drug-likeness (QED) is 0.672. The highest BCUT2D eigenvalue weighted by Crippen LogP contribution is 1.94. The summed E-state index contributed by atoms with van der Waals surface area (Å²) in [6, 6.07) is -1.32. The minimum Gasteiger partial charge on any atom is -0.480 e. The van der Waals surface area contributed by atoms with E-state index >= 15 is 0 Å². The van der Waals surface area contributed by atoms with E-state index in [1.807, 2.05) is 17.8 Å². The SMILES string of the molecule is CCC(NC(=O)NCCc1nccn1C)C(=O)O. The average Bonchev–Trinajstić information content (AvgIpc) is 2.71. The van der Waals surface area contributed by atoms with E-state index in [1.165, 1.54) is 0 Å². The van der Waals surface area contributed by atoms with E-state index in [0.717, 1.165) is 5.82 Å². The molecule has 1 atom stereocenters. The Balaban J connectivity index is 2.29. The van der Waals surface area contributed by atoms with Crippen LogP contribution in [0.3, 0.4) is 0 Å². The smallest absolute Gasteiger partial charge is 0.326 e. The molecule has 0 aliphatic heterocycles. The molecule has 0 aliphatic carbocycles. The van der Waals surface area contributed by atoms with Crippen molar-refractivity contribution in [2.45, 2.75) is 25.8 Å². The number of amides is 2. The Bertz CT molecular complexity index is 416. The van der Waals surface area contributed by atoms with E-state index in [-0.39, 0.29) is 0 Å². The van der Waals surface area contributed by atoms with Crippen LogP contribution in [0.4, 0.5) is 4.79 Å². The molecule has 1 unspecified atom stereocenters. The van der Waals surface area contributed by atoms with Crippen LogP contribution in [0.1, 0.15) is 19.2 Å². The molecule has 100 valence electrons. The van der Waals surface area contributed by atoms with Crippen molar-refractivity contribution in [1.82, 2.24) is 20.2 Å². The number of hydrogen-bond donors (Lipinski definition) is 3. The number of nitrogens with one attached hydrogen (secondary N) is 2. The first-order valence-electron chi connectivity index (χ1n) is 5.78. The fourth-order valence-electron chi connectivity index (χ4n) is 1.47. The maximum Gasteiger partial charge on any atom is 0.326 e. The first-order valence-corrected chi connectivity index (χ1v) is 5.78. The number of urea groups is 1. The van der Waals surface area contributed by atoms with E-state index in [4.69, 9.17) is 5.11 Å². The maximum atomic E-state index is 11.4. The van der Waals surface area contributed by atoms with E-state index < -0.39 is 18.0 Å². The molecule has 1 rings (SSSR count). The first kappa shape index (κ1) is 14.0. The van der Waals surface area contributed by atoms with Crippen LogP contribution in [0.15, 0.2) is 12.4 Å². The monoisotopic (exact) mass is 254 g/mol. The summed E-state index contributed by atoms with van der Waals surface area (Å²) in [5.74, 6) is -0.169. The molecule has 0 aliphatic rings. The minimum atomic E-state index is -1.03. The second kappa shape index (κ2) is 6.63. The zero-order valence-electron chi connectivity index (χ0n) is 10.5. The van der Waals surface area contributed by atoms with Gasteiger partial charge in [0, 0.05) is 32.4 Å². The van der Waals surface area contributed by atoms with Crippen molar-refractivity contribution in [3.05, 3.63) is 18.2 Å². The largest absolute Gasteiger partial charge is 0.480 e. The molecule has 0 fully saturated rings. The lowest BCUT2D eigenvalue weighted by atomic mass is 10.2. The average molecular weight is 254 g/mol. The second-order valence-corrected chi connectivity index (χ2v) is 3.90. The molecule has 7 nitrogen and oxygen atoms in total. The fraction of sp³-hybridized carbons (Fsp3) is 0.545. The van der Waals surface area contributed by atoms with Gasteiger partial charge in [-0.1, -0.05) is 6.92 Å². The van der Waals surface area contributed by atoms with Gasteiger partial charge >= 0.3 is 12.0 Å². The fourth-order valence-corrected chi connectivity index (χ4v) is 1.47. The molecular formula is C11H18N4O3. The van der Waals surface area contributed by atoms with Crippen LogP contribution in [0.2, 0.25) is 0 Å². The molecule has 3 N–H and O–H groups in total. The van der Waals surface area contributed by atoms with Crippen LogP contribution in [-0.4, -0.2) is 39.2 Å². The number of imidazole rings is 1. The predicted octanol–water partition coefficient (Wildman–Crippen LogP) is 0.125. The van der Waals surface area contributed by atoms with Gasteiger partial charge in [-0.05, 0) is 6.42 Å². The highest BCUT2D eigenvalue weighted by Gasteiger charge is 2.16. The highest BCUT2D eigenvalue weighted by atomic mass is 16.4. The Morgan fingerprint density at radius 1 is 1.56 bits per heavy atom. The van der Waals surface area contributed by atoms with Crippen LogP contribution >= 0.6 is 0 Å². The van der Waals surface area contributed by atoms with E-state index in [1.54, 1.807) is 13.1 Å². The number of aliphatic carboxylic acids is 1. The molecule has 0 aromatic carbocycles. The molecule has 18 heavy (non-hydrogen) atoms. The zero-order chi connectivity index (χ0) is 13.5. The molecule has 7 heteroatoms. The van der Waals surface area contributed by atoms with Crippen molar-refractivity contribution in [2.75, 3.05) is 6.54 Å². The van der Waals surface area contributed by atoms with Gasteiger partial charge in [-0.15, -0.1) is 0 Å². The normalized spacial score (nSPS) is 11.9. The minimum absolute atomic E-state index is 0.349. The molecule has 1 heterocycles. The van der Waals surface area contributed by atoms with Crippen molar-refractivity contribution >= 4 is 12.0 Å². The number of aryl methyl sites for hydroxylation is 1. The molecule has 1 aromatic heterocycles. The Kier molecular flexibility index (Phi) is 5.16. The van der Waals surface area contributed by atoms with Gasteiger partial charge in [0.1, 0.15) is 11.9 Å². The Hall–Kier alpha value is -2.05. The number of carbonyl (C=O) groups is 2. The molecule has 0 radical (unpaired) electrons. The number of carbonyl (C=O) groups excluding carboxylic acids is 1. The number of carboxylic acids is 1. The van der Waals surface area contributed by atoms with Gasteiger partial charge in [0.05, 0.1) is 0 Å². The zero-order valence-corrected chi connectivity index (χ0v) is 10.5. The third kappa shape index (κ3) is 4.08. The summed E-state index contributed by atoms with van der Waals surface area (Å²) in [6.07, 6.45) is 4.46. The number of aromatic nitrogens is 2. The summed E-state index contributed by atoms with van der Waals surface area (Å²) >= 11 is 0. The van der Waals surface area contributed by atoms with Crippen molar-refractivity contribution in [2.24, 2.45) is 7.05 Å². The number of carboxylic acid groups (broad SMARTS) is 1. The molecule has 0 spiro atoms. The van der Waals surface area contributed by atoms with Crippen LogP contribution in [-0.2, 0) is 18.3 Å². The Morgan fingerprint density at radius 2 is 2.28 bits per heavy atom. The van der Waals surface area contributed by atoms with E-state index in [2.05, 4.69) is 15.6 Å². The number of rotatable bonds is 6. The summed E-state index contributed by atoms with van der Waals surface area (Å²) in [7, 11) is 1.87. The topological polar surface area (TPSA) is 96.3 Å². The molecule has 2 amide bonds. The summed E-state index contributed by atoms with van der Waals surface area (Å²) in [5.41, 5.74) is 0. The van der Waals surface area contributed by atoms with Crippen molar-refractivity contribution in [3.8, 4) is 0 Å². The van der Waals surface area contributed by atoms with Crippen molar-refractivity contribution in [1.29, 1.82) is 0 Å². The first-order chi connectivity index (χ1) is 8.54. The molecule has 0 saturated carbocycles. The summed E-state index contributed by atoms with van der Waals surface area (Å²) in [6.45, 7) is 2.11. The molecule has 1 aromatic rings. The van der Waals surface area contributed by atoms with Gasteiger partial charge < -0.3 is 20.3 Å². The molecule has 0 bridgehead atoms. The van der Waals surface area contributed by atoms with Crippen molar-refractivity contribution in [3.63, 3.8) is 0 Å². The van der Waals surface area contributed by atoms with Gasteiger partial charge in [-0.2, -0.15) is 0 Å². The van der Waals surface area contributed by atoms with Crippen LogP contribution in [0.25, 0.3) is 0 Å². The lowest BCUT2D eigenvalue weighted by molar-refractivity contribution is -0.139. The number of nitrogens with zero attached hydrogens (tertiary/aromatic N) is 2. The third-order valence-corrected chi connectivity index (χ3v) is 2.57. The van der Waals surface area contributed by atoms with Gasteiger partial charge in [0.2, 0.25) is 0 Å². The summed E-state index contributed by atoms with van der Waals surface area (Å²) < 4.78 is 1.87. The lowest BCUT2D eigenvalue weighted by Gasteiger charge is -2.13. The van der Waals surface area contributed by atoms with E-state index in [9.17, 15) is 9.59 Å². The van der Waals surface area contributed by atoms with Gasteiger partial charge in [0.15, 0.2) is 0 Å². The number of hydrogen-bond acceptors (Lipinski definition) is 3. The predicted molar refractivity (Wildman–Crippen MR) is 65.2 cm³/mol. The van der Waals surface area contributed by atoms with E-state index in [0.29, 0.717) is 19.4 Å². The van der Waals surface area contributed by atoms with Crippen molar-refractivity contribution < 1.29 is 14.7 Å². The summed E-state index contributed by atoms with van der Waals surface area (Å²) in [5, 5.41) is 13.8.